The van der Waals surface area contributed by atoms with Crippen LogP contribution in [0, 0.1) is 5.41 Å². The molecule has 0 atom stereocenters. The molecule has 0 aliphatic carbocycles. The molecule has 1 aliphatic rings. The smallest absolute Gasteiger partial charge is 0.293 e. The highest BCUT2D eigenvalue weighted by atomic mass is 16.2. The third-order valence-electron chi connectivity index (χ3n) is 3.17. The number of carbonyl (C=O) groups is 1. The van der Waals surface area contributed by atoms with Crippen molar-refractivity contribution in [3.8, 4) is 0 Å². The van der Waals surface area contributed by atoms with E-state index in [0.717, 1.165) is 38.2 Å². The zero-order valence-electron chi connectivity index (χ0n) is 10.8. The molecule has 1 saturated heterocycles. The van der Waals surface area contributed by atoms with Crippen LogP contribution in [0.25, 0.3) is 0 Å². The maximum Gasteiger partial charge on any atom is 0.293 e. The Morgan fingerprint density at radius 2 is 2.29 bits per heavy atom. The summed E-state index contributed by atoms with van der Waals surface area (Å²) in [6.07, 6.45) is 2.89. The summed E-state index contributed by atoms with van der Waals surface area (Å²) < 4.78 is 0. The van der Waals surface area contributed by atoms with E-state index in [0.29, 0.717) is 5.82 Å². The molecule has 2 rings (SSSR count). The molecule has 0 spiro atoms. The van der Waals surface area contributed by atoms with Crippen LogP contribution in [0.1, 0.15) is 50.1 Å². The number of likely N-dealkylation sites (tertiary alicyclic amines) is 1. The molecule has 5 nitrogen and oxygen atoms in total. The first-order valence-corrected chi connectivity index (χ1v) is 6.22. The van der Waals surface area contributed by atoms with E-state index < -0.39 is 0 Å². The van der Waals surface area contributed by atoms with Gasteiger partial charge in [0, 0.05) is 19.5 Å². The fraction of sp³-hybridized carbons (Fsp3) is 0.750. The second-order valence-electron chi connectivity index (χ2n) is 5.50. The molecule has 17 heavy (non-hydrogen) atoms. The van der Waals surface area contributed by atoms with Gasteiger partial charge in [0.1, 0.15) is 5.82 Å². The fourth-order valence-corrected chi connectivity index (χ4v) is 2.17. The van der Waals surface area contributed by atoms with Gasteiger partial charge in [-0.3, -0.25) is 9.89 Å². The summed E-state index contributed by atoms with van der Waals surface area (Å²) in [4.78, 5) is 18.2. The molecule has 0 radical (unpaired) electrons. The minimum absolute atomic E-state index is 0.0471. The van der Waals surface area contributed by atoms with E-state index in [2.05, 4.69) is 36.0 Å². The highest BCUT2D eigenvalue weighted by Gasteiger charge is 2.33. The maximum absolute atomic E-state index is 12.1. The lowest BCUT2D eigenvalue weighted by Gasteiger charge is -2.18. The number of aryl methyl sites for hydroxylation is 1. The minimum Gasteiger partial charge on any atom is -0.335 e. The van der Waals surface area contributed by atoms with Gasteiger partial charge in [0.2, 0.25) is 5.82 Å². The van der Waals surface area contributed by atoms with Crippen molar-refractivity contribution in [1.82, 2.24) is 20.1 Å². The topological polar surface area (TPSA) is 61.9 Å². The molecule has 0 saturated carbocycles. The van der Waals surface area contributed by atoms with Crippen molar-refractivity contribution in [3.63, 3.8) is 0 Å². The van der Waals surface area contributed by atoms with Crippen molar-refractivity contribution in [3.05, 3.63) is 11.6 Å². The van der Waals surface area contributed by atoms with Crippen LogP contribution in [0.2, 0.25) is 0 Å². The van der Waals surface area contributed by atoms with Crippen molar-refractivity contribution < 1.29 is 4.79 Å². The molecule has 0 bridgehead atoms. The molecule has 0 aromatic carbocycles. The molecule has 1 amide bonds. The van der Waals surface area contributed by atoms with Crippen molar-refractivity contribution in [1.29, 1.82) is 0 Å². The van der Waals surface area contributed by atoms with Crippen LogP contribution in [0.5, 0.6) is 0 Å². The average molecular weight is 236 g/mol. The van der Waals surface area contributed by atoms with Gasteiger partial charge >= 0.3 is 0 Å². The number of H-pyrrole nitrogens is 1. The zero-order chi connectivity index (χ0) is 12.5. The largest absolute Gasteiger partial charge is 0.335 e. The van der Waals surface area contributed by atoms with Crippen LogP contribution < -0.4 is 0 Å². The van der Waals surface area contributed by atoms with Crippen LogP contribution in [-0.4, -0.2) is 39.1 Å². The Hall–Kier alpha value is -1.39. The number of hydrogen-bond acceptors (Lipinski definition) is 3. The first-order chi connectivity index (χ1) is 8.02. The Bertz CT molecular complexity index is 410. The Morgan fingerprint density at radius 3 is 2.88 bits per heavy atom. The number of amides is 1. The molecule has 1 aromatic heterocycles. The van der Waals surface area contributed by atoms with Gasteiger partial charge < -0.3 is 4.90 Å². The Morgan fingerprint density at radius 1 is 1.53 bits per heavy atom. The van der Waals surface area contributed by atoms with E-state index in [1.165, 1.54) is 0 Å². The van der Waals surface area contributed by atoms with E-state index in [1.807, 2.05) is 4.90 Å². The number of rotatable bonds is 3. The van der Waals surface area contributed by atoms with Crippen molar-refractivity contribution in [2.75, 3.05) is 13.1 Å². The van der Waals surface area contributed by atoms with E-state index in [-0.39, 0.29) is 11.3 Å². The summed E-state index contributed by atoms with van der Waals surface area (Å²) in [5.41, 5.74) is 0.220. The molecule has 1 fully saturated rings. The lowest BCUT2D eigenvalue weighted by atomic mass is 9.93. The lowest BCUT2D eigenvalue weighted by Crippen LogP contribution is -2.31. The van der Waals surface area contributed by atoms with Crippen LogP contribution in [0.15, 0.2) is 0 Å². The lowest BCUT2D eigenvalue weighted by molar-refractivity contribution is 0.0766. The van der Waals surface area contributed by atoms with Crippen molar-refractivity contribution in [2.45, 2.75) is 40.0 Å². The fourth-order valence-electron chi connectivity index (χ4n) is 2.17. The molecule has 2 heterocycles. The van der Waals surface area contributed by atoms with Gasteiger partial charge in [0.05, 0.1) is 0 Å². The number of nitrogens with zero attached hydrogens (tertiary/aromatic N) is 3. The molecule has 1 N–H and O–H groups in total. The first kappa shape index (κ1) is 12.1. The molecule has 1 aromatic rings. The zero-order valence-corrected chi connectivity index (χ0v) is 10.8. The molecule has 5 heteroatoms. The minimum atomic E-state index is -0.0471. The molecular weight excluding hydrogens is 216 g/mol. The SMILES string of the molecule is CCCc1nc(C(=O)N2CCC(C)(C)C2)n[nH]1. The summed E-state index contributed by atoms with van der Waals surface area (Å²) in [6, 6.07) is 0. The van der Waals surface area contributed by atoms with E-state index in [4.69, 9.17) is 0 Å². The first-order valence-electron chi connectivity index (χ1n) is 6.22. The number of aromatic nitrogens is 3. The number of aromatic amines is 1. The molecule has 0 unspecified atom stereocenters. The van der Waals surface area contributed by atoms with Gasteiger partial charge in [-0.05, 0) is 18.3 Å². The number of nitrogens with one attached hydrogen (secondary N) is 1. The van der Waals surface area contributed by atoms with Gasteiger partial charge in [-0.1, -0.05) is 20.8 Å². The van der Waals surface area contributed by atoms with Gasteiger partial charge in [0.15, 0.2) is 0 Å². The third-order valence-corrected chi connectivity index (χ3v) is 3.17. The van der Waals surface area contributed by atoms with Gasteiger partial charge in [-0.25, -0.2) is 4.98 Å². The van der Waals surface area contributed by atoms with Crippen molar-refractivity contribution >= 4 is 5.91 Å². The summed E-state index contributed by atoms with van der Waals surface area (Å²) >= 11 is 0. The average Bonchev–Trinajstić information content (AvgIpc) is 2.85. The van der Waals surface area contributed by atoms with Crippen molar-refractivity contribution in [2.24, 2.45) is 5.41 Å². The summed E-state index contributed by atoms with van der Waals surface area (Å²) in [5.74, 6) is 1.06. The van der Waals surface area contributed by atoms with E-state index in [1.54, 1.807) is 0 Å². The van der Waals surface area contributed by atoms with Crippen LogP contribution >= 0.6 is 0 Å². The Kier molecular flexibility index (Phi) is 3.17. The van der Waals surface area contributed by atoms with Gasteiger partial charge in [-0.15, -0.1) is 5.10 Å². The van der Waals surface area contributed by atoms with E-state index in [9.17, 15) is 4.79 Å². The second-order valence-corrected chi connectivity index (χ2v) is 5.50. The number of hydrogen-bond donors (Lipinski definition) is 1. The van der Waals surface area contributed by atoms with Gasteiger partial charge in [0.25, 0.3) is 5.91 Å². The standard InChI is InChI=1S/C12H20N4O/c1-4-5-9-13-10(15-14-9)11(17)16-7-6-12(2,3)8-16/h4-8H2,1-3H3,(H,13,14,15). The second kappa shape index (κ2) is 4.47. The highest BCUT2D eigenvalue weighted by Crippen LogP contribution is 2.29. The van der Waals surface area contributed by atoms with Crippen LogP contribution in [0.4, 0.5) is 0 Å². The van der Waals surface area contributed by atoms with E-state index >= 15 is 0 Å². The highest BCUT2D eigenvalue weighted by molar-refractivity contribution is 5.90. The van der Waals surface area contributed by atoms with Crippen LogP contribution in [-0.2, 0) is 6.42 Å². The summed E-state index contributed by atoms with van der Waals surface area (Å²) in [5, 5.41) is 6.82. The third kappa shape index (κ3) is 2.65. The summed E-state index contributed by atoms with van der Waals surface area (Å²) in [6.45, 7) is 8.04. The maximum atomic E-state index is 12.1. The van der Waals surface area contributed by atoms with Crippen LogP contribution in [0.3, 0.4) is 0 Å². The number of carbonyl (C=O) groups excluding carboxylic acids is 1. The molecular formula is C12H20N4O. The Labute approximate surface area is 102 Å². The monoisotopic (exact) mass is 236 g/mol. The normalized spacial score (nSPS) is 18.6. The molecule has 94 valence electrons. The quantitative estimate of drug-likeness (QED) is 0.867. The van der Waals surface area contributed by atoms with Gasteiger partial charge in [-0.2, -0.15) is 0 Å². The molecule has 1 aliphatic heterocycles. The summed E-state index contributed by atoms with van der Waals surface area (Å²) in [7, 11) is 0. The predicted octanol–water partition coefficient (Wildman–Crippen LogP) is 1.63. The Balaban J connectivity index is 2.04. The predicted molar refractivity (Wildman–Crippen MR) is 64.7 cm³/mol.